The van der Waals surface area contributed by atoms with Crippen LogP contribution in [0, 0.1) is 10.5 Å². The number of esters is 1. The first kappa shape index (κ1) is 11.0. The summed E-state index contributed by atoms with van der Waals surface area (Å²) in [6.07, 6.45) is 0. The van der Waals surface area contributed by atoms with Gasteiger partial charge in [-0.15, -0.1) is 0 Å². The van der Waals surface area contributed by atoms with Gasteiger partial charge in [0, 0.05) is 8.04 Å². The Kier molecular flexibility index (Phi) is 3.73. The third-order valence-electron chi connectivity index (χ3n) is 1.67. The zero-order valence-electron chi connectivity index (χ0n) is 7.23. The molecule has 2 nitrogen and oxygen atoms in total. The normalized spacial score (nSPS) is 9.85. The molecule has 0 fully saturated rings. The molecule has 0 saturated heterocycles. The van der Waals surface area contributed by atoms with Crippen molar-refractivity contribution in [2.75, 3.05) is 7.11 Å². The Hall–Kier alpha value is -0.100. The number of halogens is 2. The predicted octanol–water partition coefficient (Wildman–Crippen LogP) is 3.15. The van der Waals surface area contributed by atoms with E-state index in [1.807, 2.05) is 19.1 Å². The van der Waals surface area contributed by atoms with Gasteiger partial charge in [0.1, 0.15) is 0 Å². The highest BCUT2D eigenvalue weighted by atomic mass is 127. The maximum atomic E-state index is 11.4. The van der Waals surface area contributed by atoms with Crippen LogP contribution in [0.25, 0.3) is 0 Å². The Morgan fingerprint density at radius 2 is 2.15 bits per heavy atom. The molecule has 70 valence electrons. The second-order valence-electron chi connectivity index (χ2n) is 2.54. The molecule has 4 heteroatoms. The van der Waals surface area contributed by atoms with Crippen LogP contribution in [0.3, 0.4) is 0 Å². The first-order valence-corrected chi connectivity index (χ1v) is 5.48. The van der Waals surface area contributed by atoms with Gasteiger partial charge < -0.3 is 4.74 Å². The summed E-state index contributed by atoms with van der Waals surface area (Å²) >= 11 is 5.48. The van der Waals surface area contributed by atoms with Crippen molar-refractivity contribution in [2.24, 2.45) is 0 Å². The third-order valence-corrected chi connectivity index (χ3v) is 3.59. The monoisotopic (exact) mass is 354 g/mol. The SMILES string of the molecule is COC(=O)c1c(I)ccc(C)c1Br. The molecule has 0 bridgehead atoms. The standard InChI is InChI=1S/C9H8BrIO2/c1-5-3-4-6(11)7(8(5)10)9(12)13-2/h3-4H,1-2H3. The van der Waals surface area contributed by atoms with Crippen molar-refractivity contribution in [3.05, 3.63) is 31.3 Å². The molecule has 1 rings (SSSR count). The van der Waals surface area contributed by atoms with Crippen LogP contribution in [0.1, 0.15) is 15.9 Å². The minimum absolute atomic E-state index is 0.306. The fourth-order valence-electron chi connectivity index (χ4n) is 0.946. The quantitative estimate of drug-likeness (QED) is 0.572. The molecule has 0 aliphatic carbocycles. The van der Waals surface area contributed by atoms with Crippen LogP contribution in [-0.4, -0.2) is 13.1 Å². The Balaban J connectivity index is 3.33. The summed E-state index contributed by atoms with van der Waals surface area (Å²) < 4.78 is 6.38. The summed E-state index contributed by atoms with van der Waals surface area (Å²) in [5, 5.41) is 0. The lowest BCUT2D eigenvalue weighted by atomic mass is 10.1. The number of hydrogen-bond donors (Lipinski definition) is 0. The van der Waals surface area contributed by atoms with Gasteiger partial charge in [-0.2, -0.15) is 0 Å². The molecule has 0 unspecified atom stereocenters. The van der Waals surface area contributed by atoms with Crippen molar-refractivity contribution in [2.45, 2.75) is 6.92 Å². The van der Waals surface area contributed by atoms with Gasteiger partial charge in [-0.1, -0.05) is 6.07 Å². The van der Waals surface area contributed by atoms with E-state index in [9.17, 15) is 4.79 Å². The van der Waals surface area contributed by atoms with Gasteiger partial charge in [0.2, 0.25) is 0 Å². The molecule has 0 aromatic heterocycles. The average Bonchev–Trinajstić information content (AvgIpc) is 2.12. The van der Waals surface area contributed by atoms with Crippen LogP contribution in [0.15, 0.2) is 16.6 Å². The van der Waals surface area contributed by atoms with E-state index in [-0.39, 0.29) is 5.97 Å². The van der Waals surface area contributed by atoms with Gasteiger partial charge >= 0.3 is 5.97 Å². The smallest absolute Gasteiger partial charge is 0.340 e. The molecule has 13 heavy (non-hydrogen) atoms. The fraction of sp³-hybridized carbons (Fsp3) is 0.222. The molecule has 0 amide bonds. The molecule has 0 aliphatic rings. The van der Waals surface area contributed by atoms with Crippen LogP contribution in [0.5, 0.6) is 0 Å². The van der Waals surface area contributed by atoms with Gasteiger partial charge in [0.25, 0.3) is 0 Å². The van der Waals surface area contributed by atoms with Crippen LogP contribution < -0.4 is 0 Å². The maximum Gasteiger partial charge on any atom is 0.340 e. The van der Waals surface area contributed by atoms with Crippen molar-refractivity contribution < 1.29 is 9.53 Å². The van der Waals surface area contributed by atoms with E-state index in [0.29, 0.717) is 5.56 Å². The number of carbonyl (C=O) groups excluding carboxylic acids is 1. The van der Waals surface area contributed by atoms with Crippen molar-refractivity contribution >= 4 is 44.5 Å². The Bertz CT molecular complexity index is 350. The highest BCUT2D eigenvalue weighted by Crippen LogP contribution is 2.26. The lowest BCUT2D eigenvalue weighted by molar-refractivity contribution is 0.0598. The molecule has 0 aliphatic heterocycles. The second-order valence-corrected chi connectivity index (χ2v) is 4.50. The van der Waals surface area contributed by atoms with Crippen molar-refractivity contribution in [3.8, 4) is 0 Å². The van der Waals surface area contributed by atoms with Crippen molar-refractivity contribution in [1.29, 1.82) is 0 Å². The van der Waals surface area contributed by atoms with Gasteiger partial charge in [0.15, 0.2) is 0 Å². The van der Waals surface area contributed by atoms with E-state index in [1.54, 1.807) is 0 Å². The van der Waals surface area contributed by atoms with E-state index >= 15 is 0 Å². The first-order chi connectivity index (χ1) is 6.07. The number of ether oxygens (including phenoxy) is 1. The molecule has 0 N–H and O–H groups in total. The van der Waals surface area contributed by atoms with Crippen LogP contribution in [0.4, 0.5) is 0 Å². The molecule has 0 spiro atoms. The highest BCUT2D eigenvalue weighted by Gasteiger charge is 2.15. The fourth-order valence-corrected chi connectivity index (χ4v) is 2.49. The lowest BCUT2D eigenvalue weighted by Gasteiger charge is -2.07. The summed E-state index contributed by atoms with van der Waals surface area (Å²) in [5.74, 6) is -0.306. The number of carbonyl (C=O) groups is 1. The van der Waals surface area contributed by atoms with Gasteiger partial charge in [-0.25, -0.2) is 4.79 Å². The largest absolute Gasteiger partial charge is 0.465 e. The maximum absolute atomic E-state index is 11.4. The zero-order chi connectivity index (χ0) is 10.0. The van der Waals surface area contributed by atoms with Gasteiger partial charge in [-0.3, -0.25) is 0 Å². The molecule has 1 aromatic carbocycles. The average molecular weight is 355 g/mol. The van der Waals surface area contributed by atoms with Crippen molar-refractivity contribution in [1.82, 2.24) is 0 Å². The predicted molar refractivity (Wildman–Crippen MR) is 62.9 cm³/mol. The Morgan fingerprint density at radius 3 is 2.69 bits per heavy atom. The van der Waals surface area contributed by atoms with Crippen molar-refractivity contribution in [3.63, 3.8) is 0 Å². The Labute approximate surface area is 98.9 Å². The van der Waals surface area contributed by atoms with Crippen LogP contribution >= 0.6 is 38.5 Å². The number of methoxy groups -OCH3 is 1. The van der Waals surface area contributed by atoms with Gasteiger partial charge in [-0.05, 0) is 57.1 Å². The van der Waals surface area contributed by atoms with E-state index in [2.05, 4.69) is 43.3 Å². The van der Waals surface area contributed by atoms with E-state index in [0.717, 1.165) is 13.6 Å². The van der Waals surface area contributed by atoms with Gasteiger partial charge in [0.05, 0.1) is 12.7 Å². The molecular formula is C9H8BrIO2. The minimum atomic E-state index is -0.306. The minimum Gasteiger partial charge on any atom is -0.465 e. The number of aryl methyl sites for hydroxylation is 1. The molecular weight excluding hydrogens is 347 g/mol. The van der Waals surface area contributed by atoms with Crippen LogP contribution in [-0.2, 0) is 4.74 Å². The molecule has 0 atom stereocenters. The number of hydrogen-bond acceptors (Lipinski definition) is 2. The molecule has 0 saturated carbocycles. The number of benzene rings is 1. The zero-order valence-corrected chi connectivity index (χ0v) is 11.0. The van der Waals surface area contributed by atoms with Crippen LogP contribution in [0.2, 0.25) is 0 Å². The molecule has 0 radical (unpaired) electrons. The Morgan fingerprint density at radius 1 is 1.54 bits per heavy atom. The topological polar surface area (TPSA) is 26.3 Å². The summed E-state index contributed by atoms with van der Waals surface area (Å²) in [5.41, 5.74) is 1.63. The lowest BCUT2D eigenvalue weighted by Crippen LogP contribution is -2.05. The summed E-state index contributed by atoms with van der Waals surface area (Å²) in [7, 11) is 1.38. The van der Waals surface area contributed by atoms with E-state index in [4.69, 9.17) is 0 Å². The second kappa shape index (κ2) is 4.41. The number of rotatable bonds is 1. The van der Waals surface area contributed by atoms with E-state index in [1.165, 1.54) is 7.11 Å². The highest BCUT2D eigenvalue weighted by molar-refractivity contribution is 14.1. The molecule has 1 aromatic rings. The first-order valence-electron chi connectivity index (χ1n) is 3.61. The third kappa shape index (κ3) is 2.22. The summed E-state index contributed by atoms with van der Waals surface area (Å²) in [6, 6.07) is 3.85. The summed E-state index contributed by atoms with van der Waals surface area (Å²) in [4.78, 5) is 11.4. The van der Waals surface area contributed by atoms with E-state index < -0.39 is 0 Å². The molecule has 0 heterocycles. The summed E-state index contributed by atoms with van der Waals surface area (Å²) in [6.45, 7) is 1.94.